The fraction of sp³-hybridized carbons (Fsp3) is 0.417. The van der Waals surface area contributed by atoms with Crippen LogP contribution in [0.3, 0.4) is 0 Å². The molecule has 3 rings (SSSR count). The molecule has 0 amide bonds. The molecule has 3 heteroatoms. The first-order chi connectivity index (χ1) is 7.31. The lowest BCUT2D eigenvalue weighted by Gasteiger charge is -2.25. The summed E-state index contributed by atoms with van der Waals surface area (Å²) in [5, 5.41) is 0. The zero-order valence-corrected chi connectivity index (χ0v) is 8.31. The van der Waals surface area contributed by atoms with Crippen molar-refractivity contribution in [2.24, 2.45) is 5.92 Å². The molecule has 1 aromatic rings. The molecule has 0 radical (unpaired) electrons. The first-order valence-electron chi connectivity index (χ1n) is 5.16. The highest BCUT2D eigenvalue weighted by molar-refractivity contribution is 5.73. The van der Waals surface area contributed by atoms with E-state index in [-0.39, 0.29) is 11.9 Å². The molecule has 2 saturated heterocycles. The lowest BCUT2D eigenvalue weighted by atomic mass is 9.84. The Morgan fingerprint density at radius 3 is 2.87 bits per heavy atom. The summed E-state index contributed by atoms with van der Waals surface area (Å²) < 4.78 is 10.9. The van der Waals surface area contributed by atoms with E-state index >= 15 is 0 Å². The summed E-state index contributed by atoms with van der Waals surface area (Å²) in [4.78, 5) is 11.4. The van der Waals surface area contributed by atoms with Crippen molar-refractivity contribution in [1.29, 1.82) is 0 Å². The molecule has 0 unspecified atom stereocenters. The maximum absolute atomic E-state index is 11.4. The van der Waals surface area contributed by atoms with Gasteiger partial charge in [-0.2, -0.15) is 0 Å². The minimum absolute atomic E-state index is 0.104. The van der Waals surface area contributed by atoms with Crippen molar-refractivity contribution in [2.45, 2.75) is 12.0 Å². The second-order valence-corrected chi connectivity index (χ2v) is 4.15. The molecule has 2 fully saturated rings. The molecule has 0 saturated carbocycles. The van der Waals surface area contributed by atoms with Crippen LogP contribution in [-0.2, 0) is 19.9 Å². The number of ether oxygens (including phenoxy) is 2. The fourth-order valence-electron chi connectivity index (χ4n) is 2.49. The number of fused-ring (bicyclic) bond motifs is 1. The zero-order chi connectivity index (χ0) is 10.3. The van der Waals surface area contributed by atoms with Crippen molar-refractivity contribution >= 4 is 5.97 Å². The monoisotopic (exact) mass is 204 g/mol. The number of rotatable bonds is 1. The van der Waals surface area contributed by atoms with E-state index in [1.54, 1.807) is 0 Å². The molecular weight excluding hydrogens is 192 g/mol. The van der Waals surface area contributed by atoms with Crippen LogP contribution in [0, 0.1) is 5.92 Å². The van der Waals surface area contributed by atoms with Crippen LogP contribution in [0.4, 0.5) is 0 Å². The van der Waals surface area contributed by atoms with Crippen LogP contribution in [-0.4, -0.2) is 19.2 Å². The number of hydrogen-bond donors (Lipinski definition) is 0. The van der Waals surface area contributed by atoms with E-state index in [2.05, 4.69) is 0 Å². The molecule has 2 heterocycles. The number of carbonyl (C=O) groups is 1. The number of benzene rings is 1. The van der Waals surface area contributed by atoms with E-state index in [0.29, 0.717) is 19.6 Å². The molecule has 0 N–H and O–H groups in total. The lowest BCUT2D eigenvalue weighted by Crippen LogP contribution is -2.31. The second kappa shape index (κ2) is 3.07. The summed E-state index contributed by atoms with van der Waals surface area (Å²) in [7, 11) is 0. The predicted octanol–water partition coefficient (Wildman–Crippen LogP) is 1.48. The van der Waals surface area contributed by atoms with Gasteiger partial charge in [0.05, 0.1) is 19.6 Å². The van der Waals surface area contributed by atoms with Crippen molar-refractivity contribution in [2.75, 3.05) is 13.2 Å². The molecular formula is C12H12O3. The van der Waals surface area contributed by atoms with Crippen molar-refractivity contribution in [3.63, 3.8) is 0 Å². The average Bonchev–Trinajstić information content (AvgIpc) is 2.75. The van der Waals surface area contributed by atoms with Crippen LogP contribution >= 0.6 is 0 Å². The van der Waals surface area contributed by atoms with Gasteiger partial charge >= 0.3 is 5.97 Å². The fourth-order valence-corrected chi connectivity index (χ4v) is 2.49. The predicted molar refractivity (Wildman–Crippen MR) is 53.1 cm³/mol. The summed E-state index contributed by atoms with van der Waals surface area (Å²) in [6.45, 7) is 1.12. The topological polar surface area (TPSA) is 35.5 Å². The van der Waals surface area contributed by atoms with Gasteiger partial charge in [0.25, 0.3) is 0 Å². The van der Waals surface area contributed by atoms with Gasteiger partial charge in [0.15, 0.2) is 5.60 Å². The molecule has 1 aromatic carbocycles. The van der Waals surface area contributed by atoms with Gasteiger partial charge in [-0.1, -0.05) is 30.3 Å². The normalized spacial score (nSPS) is 33.9. The standard InChI is InChI=1S/C12H12O3/c13-11-6-10-7-14-8-12(10,15-11)9-4-2-1-3-5-9/h1-5,10H,6-8H2/t10-,12-/m1/s1. The summed E-state index contributed by atoms with van der Waals surface area (Å²) in [5.41, 5.74) is 0.552. The quantitative estimate of drug-likeness (QED) is 0.650. The van der Waals surface area contributed by atoms with E-state index in [1.165, 1.54) is 0 Å². The van der Waals surface area contributed by atoms with Gasteiger partial charge in [0, 0.05) is 5.92 Å². The third-order valence-electron chi connectivity index (χ3n) is 3.27. The lowest BCUT2D eigenvalue weighted by molar-refractivity contribution is -0.151. The largest absolute Gasteiger partial charge is 0.451 e. The number of esters is 1. The van der Waals surface area contributed by atoms with Crippen LogP contribution in [0.5, 0.6) is 0 Å². The first-order valence-corrected chi connectivity index (χ1v) is 5.16. The summed E-state index contributed by atoms with van der Waals surface area (Å²) in [6, 6.07) is 9.89. The van der Waals surface area contributed by atoms with Crippen molar-refractivity contribution in [1.82, 2.24) is 0 Å². The van der Waals surface area contributed by atoms with Crippen LogP contribution in [0.25, 0.3) is 0 Å². The van der Waals surface area contributed by atoms with Crippen LogP contribution in [0.2, 0.25) is 0 Å². The number of carbonyl (C=O) groups excluding carboxylic acids is 1. The molecule has 0 aromatic heterocycles. The Bertz CT molecular complexity index is 387. The molecule has 15 heavy (non-hydrogen) atoms. The number of hydrogen-bond acceptors (Lipinski definition) is 3. The van der Waals surface area contributed by atoms with Crippen LogP contribution in [0.15, 0.2) is 30.3 Å². The summed E-state index contributed by atoms with van der Waals surface area (Å²) in [6.07, 6.45) is 0.481. The average molecular weight is 204 g/mol. The summed E-state index contributed by atoms with van der Waals surface area (Å²) >= 11 is 0. The first kappa shape index (κ1) is 8.92. The molecule has 2 aliphatic rings. The van der Waals surface area contributed by atoms with Gasteiger partial charge in [0.1, 0.15) is 0 Å². The Labute approximate surface area is 88.0 Å². The second-order valence-electron chi connectivity index (χ2n) is 4.15. The van der Waals surface area contributed by atoms with E-state index in [9.17, 15) is 4.79 Å². The molecule has 2 atom stereocenters. The smallest absolute Gasteiger partial charge is 0.307 e. The third kappa shape index (κ3) is 1.20. The van der Waals surface area contributed by atoms with Gasteiger partial charge < -0.3 is 9.47 Å². The molecule has 3 nitrogen and oxygen atoms in total. The maximum Gasteiger partial charge on any atom is 0.307 e. The van der Waals surface area contributed by atoms with Gasteiger partial charge in [-0.15, -0.1) is 0 Å². The Morgan fingerprint density at radius 2 is 2.07 bits per heavy atom. The molecule has 0 aliphatic carbocycles. The van der Waals surface area contributed by atoms with E-state index in [0.717, 1.165) is 5.56 Å². The van der Waals surface area contributed by atoms with Crippen molar-refractivity contribution in [3.8, 4) is 0 Å². The van der Waals surface area contributed by atoms with Crippen molar-refractivity contribution in [3.05, 3.63) is 35.9 Å². The minimum atomic E-state index is -0.502. The molecule has 2 aliphatic heterocycles. The van der Waals surface area contributed by atoms with Gasteiger partial charge in [0.2, 0.25) is 0 Å². The zero-order valence-electron chi connectivity index (χ0n) is 8.31. The minimum Gasteiger partial charge on any atom is -0.451 e. The molecule has 0 bridgehead atoms. The Kier molecular flexibility index (Phi) is 1.83. The van der Waals surface area contributed by atoms with Gasteiger partial charge in [-0.25, -0.2) is 0 Å². The Balaban J connectivity index is 2.05. The Morgan fingerprint density at radius 1 is 1.27 bits per heavy atom. The van der Waals surface area contributed by atoms with E-state index in [1.807, 2.05) is 30.3 Å². The van der Waals surface area contributed by atoms with E-state index < -0.39 is 5.60 Å². The maximum atomic E-state index is 11.4. The van der Waals surface area contributed by atoms with Crippen molar-refractivity contribution < 1.29 is 14.3 Å². The SMILES string of the molecule is O=C1C[C@@H]2COC[C@]2(c2ccccc2)O1. The Hall–Kier alpha value is -1.35. The third-order valence-corrected chi connectivity index (χ3v) is 3.27. The highest BCUT2D eigenvalue weighted by Gasteiger charge is 2.54. The van der Waals surface area contributed by atoms with Crippen LogP contribution < -0.4 is 0 Å². The molecule has 0 spiro atoms. The van der Waals surface area contributed by atoms with Gasteiger partial charge in [-0.3, -0.25) is 4.79 Å². The highest BCUT2D eigenvalue weighted by atomic mass is 16.6. The molecule has 78 valence electrons. The highest BCUT2D eigenvalue weighted by Crippen LogP contribution is 2.45. The van der Waals surface area contributed by atoms with Crippen LogP contribution in [0.1, 0.15) is 12.0 Å². The van der Waals surface area contributed by atoms with Gasteiger partial charge in [-0.05, 0) is 5.56 Å². The van der Waals surface area contributed by atoms with E-state index in [4.69, 9.17) is 9.47 Å². The summed E-state index contributed by atoms with van der Waals surface area (Å²) in [5.74, 6) is 0.0829.